The van der Waals surface area contributed by atoms with E-state index in [1.807, 2.05) is 30.3 Å². The second-order valence-electron chi connectivity index (χ2n) is 8.64. The zero-order chi connectivity index (χ0) is 17.0. The van der Waals surface area contributed by atoms with Crippen molar-refractivity contribution < 1.29 is 26.2 Å². The molecule has 0 amide bonds. The Balaban J connectivity index is -0.0000000903. The Morgan fingerprint density at radius 2 is 0.714 bits per heavy atom. The smallest absolute Gasteiger partial charge is 0.338 e. The molecule has 0 aliphatic heterocycles. The Hall–Kier alpha value is 0.233. The van der Waals surface area contributed by atoms with E-state index in [1.54, 1.807) is 0 Å². The van der Waals surface area contributed by atoms with Crippen LogP contribution in [0.25, 0.3) is 0 Å². The molecule has 0 aliphatic rings. The number of rotatable bonds is 0. The standard InChI is InChI=1S/C5H5.3C5H11.Zr/c1-2-4-5-3-1;3*1-5(2,3)4;/h1-5H;3*1H2,2-4H3;/q4*-1;+4. The van der Waals surface area contributed by atoms with Crippen LogP contribution in [0.15, 0.2) is 30.3 Å². The fourth-order valence-electron chi connectivity index (χ4n) is 0.321. The van der Waals surface area contributed by atoms with Gasteiger partial charge in [-0.2, -0.15) is 34.4 Å². The molecule has 1 aromatic carbocycles. The van der Waals surface area contributed by atoms with Gasteiger partial charge in [-0.3, -0.25) is 0 Å². The van der Waals surface area contributed by atoms with Crippen molar-refractivity contribution in [1.82, 2.24) is 0 Å². The van der Waals surface area contributed by atoms with Gasteiger partial charge >= 0.3 is 26.2 Å². The van der Waals surface area contributed by atoms with E-state index in [4.69, 9.17) is 0 Å². The molecule has 0 saturated carbocycles. The minimum Gasteiger partial charge on any atom is -0.338 e. The summed E-state index contributed by atoms with van der Waals surface area (Å²) < 4.78 is 0. The third-order valence-corrected chi connectivity index (χ3v) is 0.556. The second kappa shape index (κ2) is 13.9. The summed E-state index contributed by atoms with van der Waals surface area (Å²) in [5.74, 6) is 0. The minimum atomic E-state index is 0. The van der Waals surface area contributed by atoms with E-state index in [2.05, 4.69) is 83.1 Å². The number of hydrogen-bond acceptors (Lipinski definition) is 0. The van der Waals surface area contributed by atoms with Crippen LogP contribution in [0.3, 0.4) is 0 Å². The van der Waals surface area contributed by atoms with Crippen LogP contribution in [0.1, 0.15) is 62.3 Å². The quantitative estimate of drug-likeness (QED) is 0.432. The molecule has 0 aromatic heterocycles. The predicted molar refractivity (Wildman–Crippen MR) is 96.5 cm³/mol. The monoisotopic (exact) mass is 368 g/mol. The summed E-state index contributed by atoms with van der Waals surface area (Å²) in [6, 6.07) is 10.0. The van der Waals surface area contributed by atoms with Crippen molar-refractivity contribution in [2.45, 2.75) is 62.3 Å². The first-order chi connectivity index (χ1) is 8.50. The fraction of sp³-hybridized carbons (Fsp3) is 0.600. The molecule has 0 bridgehead atoms. The molecule has 0 fully saturated rings. The predicted octanol–water partition coefficient (Wildman–Crippen LogP) is 7.00. The Morgan fingerprint density at radius 3 is 0.762 bits per heavy atom. The molecule has 1 rings (SSSR count). The van der Waals surface area contributed by atoms with Gasteiger partial charge in [-0.15, -0.1) is 0 Å². The van der Waals surface area contributed by atoms with Gasteiger partial charge in [0.1, 0.15) is 0 Å². The van der Waals surface area contributed by atoms with Crippen LogP contribution in [0.4, 0.5) is 0 Å². The maximum atomic E-state index is 3.77. The SMILES string of the molecule is [CH2-]C(C)(C)C.[CH2-]C(C)(C)C.[CH2-]C(C)(C)C.[Zr+4].c1cc[cH-]c1. The van der Waals surface area contributed by atoms with Gasteiger partial charge < -0.3 is 20.8 Å². The van der Waals surface area contributed by atoms with Crippen molar-refractivity contribution in [3.05, 3.63) is 51.1 Å². The molecule has 1 heteroatoms. The third-order valence-electron chi connectivity index (χ3n) is 0.556. The summed E-state index contributed by atoms with van der Waals surface area (Å²) in [5.41, 5.74) is 0.750. The largest absolute Gasteiger partial charge is 4.00 e. The van der Waals surface area contributed by atoms with Gasteiger partial charge in [0.05, 0.1) is 0 Å². The van der Waals surface area contributed by atoms with Crippen molar-refractivity contribution in [3.63, 3.8) is 0 Å². The van der Waals surface area contributed by atoms with Gasteiger partial charge in [-0.1, -0.05) is 62.3 Å². The molecule has 0 radical (unpaired) electrons. The molecule has 0 nitrogen and oxygen atoms in total. The molecule has 0 saturated heterocycles. The molecule has 1 aromatic rings. The van der Waals surface area contributed by atoms with Crippen molar-refractivity contribution in [1.29, 1.82) is 0 Å². The summed E-state index contributed by atoms with van der Waals surface area (Å²) in [5, 5.41) is 0. The van der Waals surface area contributed by atoms with Crippen molar-refractivity contribution in [3.8, 4) is 0 Å². The van der Waals surface area contributed by atoms with E-state index in [0.29, 0.717) is 0 Å². The van der Waals surface area contributed by atoms with Gasteiger partial charge in [-0.25, -0.2) is 12.1 Å². The second-order valence-corrected chi connectivity index (χ2v) is 8.64. The normalized spacial score (nSPS) is 10.5. The molecule has 0 N–H and O–H groups in total. The maximum Gasteiger partial charge on any atom is 4.00 e. The van der Waals surface area contributed by atoms with Crippen molar-refractivity contribution in [2.24, 2.45) is 16.2 Å². The first-order valence-electron chi connectivity index (χ1n) is 7.23. The van der Waals surface area contributed by atoms with E-state index in [0.717, 1.165) is 0 Å². The first kappa shape index (κ1) is 29.3. The van der Waals surface area contributed by atoms with E-state index in [-0.39, 0.29) is 42.4 Å². The van der Waals surface area contributed by atoms with Crippen LogP contribution >= 0.6 is 0 Å². The van der Waals surface area contributed by atoms with Crippen LogP contribution in [-0.2, 0) is 26.2 Å². The summed E-state index contributed by atoms with van der Waals surface area (Å²) >= 11 is 0. The van der Waals surface area contributed by atoms with Crippen molar-refractivity contribution >= 4 is 0 Å². The molecular weight excluding hydrogens is 331 g/mol. The van der Waals surface area contributed by atoms with Crippen LogP contribution in [0.2, 0.25) is 0 Å². The van der Waals surface area contributed by atoms with Gasteiger partial charge in [0.25, 0.3) is 0 Å². The van der Waals surface area contributed by atoms with Crippen LogP contribution in [-0.4, -0.2) is 0 Å². The molecule has 0 unspecified atom stereocenters. The number of hydrogen-bond donors (Lipinski definition) is 0. The molecule has 0 aliphatic carbocycles. The zero-order valence-corrected chi connectivity index (χ0v) is 18.5. The minimum absolute atomic E-state index is 0. The Morgan fingerprint density at radius 1 is 0.571 bits per heavy atom. The molecule has 21 heavy (non-hydrogen) atoms. The Bertz CT molecular complexity index is 199. The van der Waals surface area contributed by atoms with Crippen molar-refractivity contribution in [2.75, 3.05) is 0 Å². The maximum absolute atomic E-state index is 3.77. The van der Waals surface area contributed by atoms with E-state index in [1.165, 1.54) is 0 Å². The molecule has 122 valence electrons. The molecule has 0 atom stereocenters. The summed E-state index contributed by atoms with van der Waals surface area (Å²) in [6.45, 7) is 30.0. The van der Waals surface area contributed by atoms with E-state index < -0.39 is 0 Å². The first-order valence-corrected chi connectivity index (χ1v) is 7.23. The summed E-state index contributed by atoms with van der Waals surface area (Å²) in [6.07, 6.45) is 0. The summed E-state index contributed by atoms with van der Waals surface area (Å²) in [7, 11) is 0. The molecule has 0 spiro atoms. The topological polar surface area (TPSA) is 0 Å². The molecular formula is C20H38Zr. The fourth-order valence-corrected chi connectivity index (χ4v) is 0.321. The Kier molecular flexibility index (Phi) is 19.3. The zero-order valence-electron chi connectivity index (χ0n) is 16.0. The Labute approximate surface area is 155 Å². The van der Waals surface area contributed by atoms with Crippen LogP contribution < -0.4 is 0 Å². The van der Waals surface area contributed by atoms with Crippen LogP contribution in [0, 0.1) is 37.0 Å². The third kappa shape index (κ3) is 246. The van der Waals surface area contributed by atoms with E-state index in [9.17, 15) is 0 Å². The summed E-state index contributed by atoms with van der Waals surface area (Å²) in [4.78, 5) is 0. The average molecular weight is 370 g/mol. The van der Waals surface area contributed by atoms with Gasteiger partial charge in [-0.05, 0) is 0 Å². The van der Waals surface area contributed by atoms with Gasteiger partial charge in [0.2, 0.25) is 0 Å². The van der Waals surface area contributed by atoms with Gasteiger partial charge in [0.15, 0.2) is 0 Å². The molecule has 0 heterocycles. The van der Waals surface area contributed by atoms with Gasteiger partial charge in [0, 0.05) is 0 Å². The van der Waals surface area contributed by atoms with E-state index >= 15 is 0 Å². The van der Waals surface area contributed by atoms with Crippen LogP contribution in [0.5, 0.6) is 0 Å². The average Bonchev–Trinajstić information content (AvgIpc) is 2.45.